The third kappa shape index (κ3) is 4.87. The van der Waals surface area contributed by atoms with Crippen molar-refractivity contribution in [3.8, 4) is 5.75 Å². The van der Waals surface area contributed by atoms with Crippen LogP contribution in [0.15, 0.2) is 30.3 Å². The molecule has 0 amide bonds. The van der Waals surface area contributed by atoms with Crippen molar-refractivity contribution < 1.29 is 23.1 Å². The highest BCUT2D eigenvalue weighted by Gasteiger charge is 2.26. The average molecular weight is 273 g/mol. The van der Waals surface area contributed by atoms with Gasteiger partial charge >= 0.3 is 13.7 Å². The normalized spacial score (nSPS) is 13.7. The summed E-state index contributed by atoms with van der Waals surface area (Å²) in [4.78, 5) is 11.0. The highest BCUT2D eigenvalue weighted by Crippen LogP contribution is 2.43. The van der Waals surface area contributed by atoms with Crippen LogP contribution in [0.5, 0.6) is 5.75 Å². The fourth-order valence-corrected chi connectivity index (χ4v) is 2.40. The highest BCUT2D eigenvalue weighted by atomic mass is 31.2. The van der Waals surface area contributed by atoms with Crippen LogP contribution in [0.1, 0.15) is 6.92 Å². The van der Waals surface area contributed by atoms with Crippen LogP contribution in [0.3, 0.4) is 0 Å². The van der Waals surface area contributed by atoms with Gasteiger partial charge in [0, 0.05) is 0 Å². The molecule has 0 bridgehead atoms. The smallest absolute Gasteiger partial charge is 0.459 e. The fourth-order valence-electron chi connectivity index (χ4n) is 1.13. The van der Waals surface area contributed by atoms with Crippen molar-refractivity contribution in [1.82, 2.24) is 5.09 Å². The molecule has 0 saturated carbocycles. The molecule has 0 fully saturated rings. The number of esters is 1. The average Bonchev–Trinajstić information content (AvgIpc) is 2.37. The molecule has 1 atom stereocenters. The monoisotopic (exact) mass is 273 g/mol. The van der Waals surface area contributed by atoms with E-state index >= 15 is 0 Å². The lowest BCUT2D eigenvalue weighted by molar-refractivity contribution is -0.139. The molecule has 18 heavy (non-hydrogen) atoms. The van der Waals surface area contributed by atoms with Crippen molar-refractivity contribution in [1.29, 1.82) is 0 Å². The second-order valence-corrected chi connectivity index (χ2v) is 4.98. The van der Waals surface area contributed by atoms with E-state index in [4.69, 9.17) is 9.05 Å². The summed E-state index contributed by atoms with van der Waals surface area (Å²) in [5, 5.41) is 2.43. The summed E-state index contributed by atoms with van der Waals surface area (Å²) in [6, 6.07) is 8.58. The maximum absolute atomic E-state index is 12.2. The molecule has 0 aliphatic rings. The molecule has 1 N–H and O–H groups in total. The van der Waals surface area contributed by atoms with Crippen LogP contribution in [-0.2, 0) is 18.6 Å². The quantitative estimate of drug-likeness (QED) is 0.604. The Hall–Kier alpha value is -1.36. The lowest BCUT2D eigenvalue weighted by atomic mass is 10.3. The van der Waals surface area contributed by atoms with Crippen LogP contribution in [0, 0.1) is 0 Å². The van der Waals surface area contributed by atoms with E-state index < -0.39 is 13.7 Å². The van der Waals surface area contributed by atoms with Gasteiger partial charge in [0.15, 0.2) is 0 Å². The van der Waals surface area contributed by atoms with Gasteiger partial charge in [-0.25, -0.2) is 9.65 Å². The Balaban J connectivity index is 2.68. The first-order valence-corrected chi connectivity index (χ1v) is 6.95. The zero-order valence-corrected chi connectivity index (χ0v) is 11.2. The minimum atomic E-state index is -3.56. The summed E-state index contributed by atoms with van der Waals surface area (Å²) in [6.07, 6.45) is 0. The third-order valence-electron chi connectivity index (χ3n) is 1.91. The molecule has 1 unspecified atom stereocenters. The van der Waals surface area contributed by atoms with Gasteiger partial charge in [-0.2, -0.15) is 0 Å². The van der Waals surface area contributed by atoms with Gasteiger partial charge in [0.2, 0.25) is 0 Å². The van der Waals surface area contributed by atoms with Gasteiger partial charge in [-0.05, 0) is 19.1 Å². The van der Waals surface area contributed by atoms with E-state index in [0.717, 1.165) is 0 Å². The number of carbonyl (C=O) groups excluding carboxylic acids is 1. The Morgan fingerprint density at radius 1 is 1.33 bits per heavy atom. The van der Waals surface area contributed by atoms with Gasteiger partial charge in [-0.3, -0.25) is 9.32 Å². The minimum absolute atomic E-state index is 0.193. The van der Waals surface area contributed by atoms with Gasteiger partial charge in [-0.1, -0.05) is 18.2 Å². The number of ether oxygens (including phenoxy) is 1. The first kappa shape index (κ1) is 14.7. The van der Waals surface area contributed by atoms with Crippen molar-refractivity contribution >= 4 is 13.7 Å². The number of methoxy groups -OCH3 is 1. The summed E-state index contributed by atoms with van der Waals surface area (Å²) in [5.74, 6) is -0.154. The van der Waals surface area contributed by atoms with E-state index in [1.165, 1.54) is 7.11 Å². The molecule has 0 aliphatic heterocycles. The van der Waals surface area contributed by atoms with Gasteiger partial charge in [-0.15, -0.1) is 0 Å². The molecule has 1 rings (SSSR count). The van der Waals surface area contributed by atoms with E-state index in [2.05, 4.69) is 9.82 Å². The van der Waals surface area contributed by atoms with Crippen molar-refractivity contribution in [2.75, 3.05) is 20.3 Å². The molecule has 1 aromatic carbocycles. The Morgan fingerprint density at radius 2 is 2.00 bits per heavy atom. The van der Waals surface area contributed by atoms with Crippen molar-refractivity contribution in [3.05, 3.63) is 30.3 Å². The highest BCUT2D eigenvalue weighted by molar-refractivity contribution is 7.52. The van der Waals surface area contributed by atoms with Crippen LogP contribution in [0.4, 0.5) is 0 Å². The molecule has 0 aliphatic carbocycles. The van der Waals surface area contributed by atoms with Crippen molar-refractivity contribution in [2.45, 2.75) is 6.92 Å². The van der Waals surface area contributed by atoms with E-state index in [1.807, 2.05) is 0 Å². The number of benzene rings is 1. The molecule has 0 aromatic heterocycles. The van der Waals surface area contributed by atoms with E-state index in [9.17, 15) is 9.36 Å². The second kappa shape index (κ2) is 7.16. The standard InChI is InChI=1S/C11H16NO5P/c1-3-16-18(14,12-9-11(13)15-2)17-10-7-5-4-6-8-10/h4-8H,3,9H2,1-2H3,(H,12,14). The summed E-state index contributed by atoms with van der Waals surface area (Å²) >= 11 is 0. The third-order valence-corrected chi connectivity index (χ3v) is 3.51. The Morgan fingerprint density at radius 3 is 2.56 bits per heavy atom. The van der Waals surface area contributed by atoms with Crippen LogP contribution < -0.4 is 9.61 Å². The molecule has 0 radical (unpaired) electrons. The molecule has 1 aromatic rings. The first-order chi connectivity index (χ1) is 8.59. The summed E-state index contributed by atoms with van der Waals surface area (Å²) in [5.41, 5.74) is 0. The number of hydrogen-bond acceptors (Lipinski definition) is 5. The lowest BCUT2D eigenvalue weighted by Gasteiger charge is -2.18. The minimum Gasteiger partial charge on any atom is -0.468 e. The first-order valence-electron chi connectivity index (χ1n) is 5.41. The van der Waals surface area contributed by atoms with Gasteiger partial charge in [0.1, 0.15) is 12.3 Å². The number of carbonyl (C=O) groups is 1. The van der Waals surface area contributed by atoms with Gasteiger partial charge < -0.3 is 9.26 Å². The number of rotatable bonds is 7. The van der Waals surface area contributed by atoms with Crippen LogP contribution >= 0.6 is 7.75 Å². The lowest BCUT2D eigenvalue weighted by Crippen LogP contribution is -2.24. The Labute approximate surface area is 106 Å². The predicted octanol–water partition coefficient (Wildman–Crippen LogP) is 1.97. The van der Waals surface area contributed by atoms with Crippen LogP contribution in [-0.4, -0.2) is 26.2 Å². The predicted molar refractivity (Wildman–Crippen MR) is 66.3 cm³/mol. The number of hydrogen-bond donors (Lipinski definition) is 1. The van der Waals surface area contributed by atoms with E-state index in [1.54, 1.807) is 37.3 Å². The molecule has 0 spiro atoms. The molecular weight excluding hydrogens is 257 g/mol. The summed E-state index contributed by atoms with van der Waals surface area (Å²) < 4.78 is 27.0. The van der Waals surface area contributed by atoms with E-state index in [0.29, 0.717) is 5.75 Å². The van der Waals surface area contributed by atoms with E-state index in [-0.39, 0.29) is 13.2 Å². The van der Waals surface area contributed by atoms with Gasteiger partial charge in [0.05, 0.1) is 13.7 Å². The zero-order valence-electron chi connectivity index (χ0n) is 10.3. The molecule has 0 saturated heterocycles. The number of nitrogens with one attached hydrogen (secondary N) is 1. The largest absolute Gasteiger partial charge is 0.468 e. The molecule has 100 valence electrons. The number of para-hydroxylation sites is 1. The second-order valence-electron chi connectivity index (χ2n) is 3.23. The Kier molecular flexibility index (Phi) is 5.85. The topological polar surface area (TPSA) is 73.9 Å². The van der Waals surface area contributed by atoms with Gasteiger partial charge in [0.25, 0.3) is 0 Å². The summed E-state index contributed by atoms with van der Waals surface area (Å²) in [7, 11) is -2.32. The maximum atomic E-state index is 12.2. The van der Waals surface area contributed by atoms with Crippen LogP contribution in [0.2, 0.25) is 0 Å². The summed E-state index contributed by atoms with van der Waals surface area (Å²) in [6.45, 7) is 1.62. The maximum Gasteiger partial charge on any atom is 0.459 e. The van der Waals surface area contributed by atoms with Crippen molar-refractivity contribution in [2.24, 2.45) is 0 Å². The molecule has 6 nitrogen and oxygen atoms in total. The van der Waals surface area contributed by atoms with Crippen molar-refractivity contribution in [3.63, 3.8) is 0 Å². The molecule has 7 heteroatoms. The zero-order chi connectivity index (χ0) is 13.4. The molecule has 0 heterocycles. The SMILES string of the molecule is CCOP(=O)(NCC(=O)OC)Oc1ccccc1. The Bertz CT molecular complexity index is 423. The van der Waals surface area contributed by atoms with Crippen LogP contribution in [0.25, 0.3) is 0 Å². The fraction of sp³-hybridized carbons (Fsp3) is 0.364. The molecular formula is C11H16NO5P.